The third kappa shape index (κ3) is 3.95. The number of anilines is 1. The second-order valence-corrected chi connectivity index (χ2v) is 4.08. The number of nitrogens with zero attached hydrogens (tertiary/aromatic N) is 1. The fraction of sp³-hybridized carbons (Fsp3) is 0.400. The van der Waals surface area contributed by atoms with Gasteiger partial charge in [-0.05, 0) is 26.0 Å². The van der Waals surface area contributed by atoms with Crippen molar-refractivity contribution in [3.8, 4) is 5.75 Å². The summed E-state index contributed by atoms with van der Waals surface area (Å²) < 4.78 is 0. The first-order chi connectivity index (χ1) is 6.88. The Morgan fingerprint density at radius 1 is 1.67 bits per heavy atom. The standard InChI is InChI=1S/C10H15N3O2/c1-10(2,11)6-8(15)13-9-7(14)4-3-5-12-9/h3-5,14H,6,11H2,1-2H3,(H,12,13,15). The van der Waals surface area contributed by atoms with Gasteiger partial charge in [-0.3, -0.25) is 4.79 Å². The third-order valence-corrected chi connectivity index (χ3v) is 1.66. The van der Waals surface area contributed by atoms with Gasteiger partial charge in [0, 0.05) is 18.2 Å². The van der Waals surface area contributed by atoms with Crippen LogP contribution < -0.4 is 11.1 Å². The maximum absolute atomic E-state index is 11.4. The molecule has 0 radical (unpaired) electrons. The predicted octanol–water partition coefficient (Wildman–Crippen LogP) is 0.853. The molecule has 0 atom stereocenters. The molecule has 1 amide bonds. The summed E-state index contributed by atoms with van der Waals surface area (Å²) in [6, 6.07) is 3.04. The summed E-state index contributed by atoms with van der Waals surface area (Å²) in [6.07, 6.45) is 1.66. The molecule has 1 aromatic rings. The fourth-order valence-corrected chi connectivity index (χ4v) is 1.08. The van der Waals surface area contributed by atoms with E-state index in [1.165, 1.54) is 12.3 Å². The van der Waals surface area contributed by atoms with E-state index in [9.17, 15) is 9.90 Å². The second-order valence-electron chi connectivity index (χ2n) is 4.08. The summed E-state index contributed by atoms with van der Waals surface area (Å²) >= 11 is 0. The summed E-state index contributed by atoms with van der Waals surface area (Å²) in [5.74, 6) is -0.163. The zero-order valence-corrected chi connectivity index (χ0v) is 8.82. The van der Waals surface area contributed by atoms with Gasteiger partial charge in [0.2, 0.25) is 5.91 Å². The van der Waals surface area contributed by atoms with Crippen molar-refractivity contribution in [2.45, 2.75) is 25.8 Å². The molecule has 0 aliphatic heterocycles. The molecular weight excluding hydrogens is 194 g/mol. The Balaban J connectivity index is 2.64. The van der Waals surface area contributed by atoms with Gasteiger partial charge in [-0.1, -0.05) is 0 Å². The summed E-state index contributed by atoms with van der Waals surface area (Å²) in [6.45, 7) is 3.51. The number of pyridine rings is 1. The van der Waals surface area contributed by atoms with Gasteiger partial charge < -0.3 is 16.2 Å². The maximum atomic E-state index is 11.4. The van der Waals surface area contributed by atoms with E-state index in [2.05, 4.69) is 10.3 Å². The molecule has 5 heteroatoms. The Hall–Kier alpha value is -1.62. The highest BCUT2D eigenvalue weighted by Crippen LogP contribution is 2.18. The highest BCUT2D eigenvalue weighted by atomic mass is 16.3. The molecule has 0 aliphatic rings. The van der Waals surface area contributed by atoms with Gasteiger partial charge in [-0.2, -0.15) is 0 Å². The van der Waals surface area contributed by atoms with Crippen LogP contribution in [-0.2, 0) is 4.79 Å². The number of carbonyl (C=O) groups is 1. The number of rotatable bonds is 3. The third-order valence-electron chi connectivity index (χ3n) is 1.66. The number of carbonyl (C=O) groups excluding carboxylic acids is 1. The molecule has 0 unspecified atom stereocenters. The van der Waals surface area contributed by atoms with Crippen LogP contribution in [0.4, 0.5) is 5.82 Å². The molecule has 0 aromatic carbocycles. The van der Waals surface area contributed by atoms with Crippen LogP contribution in [0.3, 0.4) is 0 Å². The lowest BCUT2D eigenvalue weighted by Gasteiger charge is -2.17. The number of amides is 1. The van der Waals surface area contributed by atoms with Gasteiger partial charge in [-0.15, -0.1) is 0 Å². The van der Waals surface area contributed by atoms with Crippen molar-refractivity contribution in [2.24, 2.45) is 5.73 Å². The van der Waals surface area contributed by atoms with Crippen molar-refractivity contribution in [3.63, 3.8) is 0 Å². The van der Waals surface area contributed by atoms with Gasteiger partial charge in [0.1, 0.15) is 0 Å². The normalized spacial score (nSPS) is 11.1. The first kappa shape index (κ1) is 11.5. The minimum Gasteiger partial charge on any atom is -0.504 e. The van der Waals surface area contributed by atoms with Crippen molar-refractivity contribution >= 4 is 11.7 Å². The first-order valence-electron chi connectivity index (χ1n) is 4.61. The molecule has 0 saturated carbocycles. The number of hydrogen-bond acceptors (Lipinski definition) is 4. The van der Waals surface area contributed by atoms with Gasteiger partial charge >= 0.3 is 0 Å². The van der Waals surface area contributed by atoms with Crippen LogP contribution in [0, 0.1) is 0 Å². The molecule has 4 N–H and O–H groups in total. The predicted molar refractivity (Wildman–Crippen MR) is 57.4 cm³/mol. The van der Waals surface area contributed by atoms with Crippen molar-refractivity contribution in [2.75, 3.05) is 5.32 Å². The van der Waals surface area contributed by atoms with Crippen LogP contribution in [0.15, 0.2) is 18.3 Å². The van der Waals surface area contributed by atoms with Gasteiger partial charge in [0.25, 0.3) is 0 Å². The summed E-state index contributed by atoms with van der Waals surface area (Å²) in [5, 5.41) is 11.8. The fourth-order valence-electron chi connectivity index (χ4n) is 1.08. The molecule has 0 fully saturated rings. The average Bonchev–Trinajstić information content (AvgIpc) is 2.05. The average molecular weight is 209 g/mol. The lowest BCUT2D eigenvalue weighted by atomic mass is 10.0. The van der Waals surface area contributed by atoms with Crippen LogP contribution in [0.25, 0.3) is 0 Å². The van der Waals surface area contributed by atoms with Crippen LogP contribution >= 0.6 is 0 Å². The smallest absolute Gasteiger partial charge is 0.227 e. The van der Waals surface area contributed by atoms with E-state index < -0.39 is 5.54 Å². The summed E-state index contributed by atoms with van der Waals surface area (Å²) in [7, 11) is 0. The molecule has 1 rings (SSSR count). The molecular formula is C10H15N3O2. The highest BCUT2D eigenvalue weighted by molar-refractivity contribution is 5.91. The Kier molecular flexibility index (Phi) is 3.26. The Labute approximate surface area is 88.3 Å². The van der Waals surface area contributed by atoms with Crippen LogP contribution in [0.2, 0.25) is 0 Å². The Bertz CT molecular complexity index is 358. The summed E-state index contributed by atoms with van der Waals surface area (Å²) in [5.41, 5.74) is 5.11. The lowest BCUT2D eigenvalue weighted by molar-refractivity contribution is -0.117. The molecule has 5 nitrogen and oxygen atoms in total. The minimum atomic E-state index is -0.575. The van der Waals surface area contributed by atoms with E-state index in [0.717, 1.165) is 0 Å². The van der Waals surface area contributed by atoms with E-state index in [0.29, 0.717) is 0 Å². The molecule has 82 valence electrons. The molecule has 0 aliphatic carbocycles. The van der Waals surface area contributed by atoms with E-state index >= 15 is 0 Å². The number of aromatic nitrogens is 1. The van der Waals surface area contributed by atoms with Gasteiger partial charge in [0.05, 0.1) is 0 Å². The SMILES string of the molecule is CC(C)(N)CC(=O)Nc1ncccc1O. The van der Waals surface area contributed by atoms with Crippen molar-refractivity contribution in [1.29, 1.82) is 0 Å². The van der Waals surface area contributed by atoms with Crippen LogP contribution in [-0.4, -0.2) is 21.5 Å². The molecule has 1 heterocycles. The first-order valence-corrected chi connectivity index (χ1v) is 4.61. The number of hydrogen-bond donors (Lipinski definition) is 3. The van der Waals surface area contributed by atoms with Gasteiger partial charge in [0.15, 0.2) is 11.6 Å². The zero-order valence-electron chi connectivity index (χ0n) is 8.82. The van der Waals surface area contributed by atoms with Crippen molar-refractivity contribution in [1.82, 2.24) is 4.98 Å². The number of aromatic hydroxyl groups is 1. The Morgan fingerprint density at radius 3 is 2.87 bits per heavy atom. The number of nitrogens with one attached hydrogen (secondary N) is 1. The van der Waals surface area contributed by atoms with Crippen molar-refractivity contribution < 1.29 is 9.90 Å². The number of nitrogens with two attached hydrogens (primary N) is 1. The van der Waals surface area contributed by atoms with E-state index in [1.807, 2.05) is 0 Å². The van der Waals surface area contributed by atoms with Crippen LogP contribution in [0.5, 0.6) is 5.75 Å². The maximum Gasteiger partial charge on any atom is 0.227 e. The minimum absolute atomic E-state index is 0.0549. The molecule has 0 bridgehead atoms. The topological polar surface area (TPSA) is 88.2 Å². The quantitative estimate of drug-likeness (QED) is 0.688. The molecule has 1 aromatic heterocycles. The van der Waals surface area contributed by atoms with Gasteiger partial charge in [-0.25, -0.2) is 4.98 Å². The molecule has 15 heavy (non-hydrogen) atoms. The van der Waals surface area contributed by atoms with E-state index in [1.54, 1.807) is 19.9 Å². The lowest BCUT2D eigenvalue weighted by Crippen LogP contribution is -2.36. The van der Waals surface area contributed by atoms with Crippen LogP contribution in [0.1, 0.15) is 20.3 Å². The van der Waals surface area contributed by atoms with E-state index in [4.69, 9.17) is 5.73 Å². The largest absolute Gasteiger partial charge is 0.504 e. The van der Waals surface area contributed by atoms with E-state index in [-0.39, 0.29) is 23.9 Å². The monoisotopic (exact) mass is 209 g/mol. The zero-order chi connectivity index (χ0) is 11.5. The molecule has 0 saturated heterocycles. The highest BCUT2D eigenvalue weighted by Gasteiger charge is 2.17. The summed E-state index contributed by atoms with van der Waals surface area (Å²) in [4.78, 5) is 15.3. The Morgan fingerprint density at radius 2 is 2.33 bits per heavy atom. The van der Waals surface area contributed by atoms with Crippen molar-refractivity contribution in [3.05, 3.63) is 18.3 Å². The second kappa shape index (κ2) is 4.27. The molecule has 0 spiro atoms.